The lowest BCUT2D eigenvalue weighted by Gasteiger charge is -2.41. The Balaban J connectivity index is 2.27. The minimum absolute atomic E-state index is 1.37. The Morgan fingerprint density at radius 1 is 0.833 bits per heavy atom. The molecule has 1 heterocycles. The zero-order valence-electron chi connectivity index (χ0n) is 12.8. The summed E-state index contributed by atoms with van der Waals surface area (Å²) in [7, 11) is 0. The summed E-state index contributed by atoms with van der Waals surface area (Å²) < 4.78 is 1.44. The van der Waals surface area contributed by atoms with Crippen LogP contribution in [0.4, 0.5) is 0 Å². The summed E-state index contributed by atoms with van der Waals surface area (Å²) in [4.78, 5) is 0. The van der Waals surface area contributed by atoms with Gasteiger partial charge in [-0.25, -0.2) is 0 Å². The van der Waals surface area contributed by atoms with Crippen molar-refractivity contribution >= 4 is 11.8 Å². The summed E-state index contributed by atoms with van der Waals surface area (Å²) >= 11 is 2.20. The SMILES string of the molecule is CCCCCC[N+]1(CCCCCC)CCCSC1. The van der Waals surface area contributed by atoms with Crippen LogP contribution in [0.3, 0.4) is 0 Å². The molecule has 0 unspecified atom stereocenters. The van der Waals surface area contributed by atoms with E-state index in [2.05, 4.69) is 25.6 Å². The van der Waals surface area contributed by atoms with Gasteiger partial charge in [-0.2, -0.15) is 0 Å². The maximum absolute atomic E-state index is 2.31. The number of thioether (sulfide) groups is 1. The van der Waals surface area contributed by atoms with Crippen LogP contribution in [0.2, 0.25) is 0 Å². The highest BCUT2D eigenvalue weighted by atomic mass is 32.2. The van der Waals surface area contributed by atoms with Crippen molar-refractivity contribution in [3.8, 4) is 0 Å². The van der Waals surface area contributed by atoms with E-state index in [1.807, 2.05) is 0 Å². The van der Waals surface area contributed by atoms with Crippen molar-refractivity contribution < 1.29 is 4.48 Å². The third kappa shape index (κ3) is 6.47. The molecule has 1 rings (SSSR count). The van der Waals surface area contributed by atoms with Crippen molar-refractivity contribution in [2.45, 2.75) is 71.6 Å². The molecule has 0 N–H and O–H groups in total. The molecule has 0 bridgehead atoms. The zero-order valence-corrected chi connectivity index (χ0v) is 13.6. The maximum atomic E-state index is 2.31. The molecule has 2 heteroatoms. The number of hydrogen-bond donors (Lipinski definition) is 0. The van der Waals surface area contributed by atoms with Gasteiger partial charge in [-0.1, -0.05) is 39.5 Å². The van der Waals surface area contributed by atoms with E-state index >= 15 is 0 Å². The van der Waals surface area contributed by atoms with Crippen LogP contribution in [0.15, 0.2) is 0 Å². The molecule has 0 radical (unpaired) electrons. The van der Waals surface area contributed by atoms with Crippen LogP contribution < -0.4 is 0 Å². The van der Waals surface area contributed by atoms with Gasteiger partial charge in [0.25, 0.3) is 0 Å². The van der Waals surface area contributed by atoms with Gasteiger partial charge in [-0.05, 0) is 25.7 Å². The topological polar surface area (TPSA) is 0 Å². The van der Waals surface area contributed by atoms with Crippen molar-refractivity contribution in [3.63, 3.8) is 0 Å². The first-order valence-electron chi connectivity index (χ1n) is 8.26. The van der Waals surface area contributed by atoms with Gasteiger partial charge in [-0.15, -0.1) is 11.8 Å². The first kappa shape index (κ1) is 16.4. The fourth-order valence-corrected chi connectivity index (χ4v) is 4.27. The van der Waals surface area contributed by atoms with Crippen LogP contribution in [0.25, 0.3) is 0 Å². The highest BCUT2D eigenvalue weighted by molar-refractivity contribution is 7.99. The highest BCUT2D eigenvalue weighted by Gasteiger charge is 2.28. The van der Waals surface area contributed by atoms with Crippen molar-refractivity contribution in [1.82, 2.24) is 0 Å². The summed E-state index contributed by atoms with van der Waals surface area (Å²) in [6, 6.07) is 0. The van der Waals surface area contributed by atoms with E-state index < -0.39 is 0 Å². The predicted molar refractivity (Wildman–Crippen MR) is 85.1 cm³/mol. The van der Waals surface area contributed by atoms with Gasteiger partial charge in [0, 0.05) is 12.2 Å². The zero-order chi connectivity index (χ0) is 13.1. The molecule has 0 atom stereocenters. The summed E-state index contributed by atoms with van der Waals surface area (Å²) in [6.07, 6.45) is 12.9. The first-order valence-corrected chi connectivity index (χ1v) is 9.41. The van der Waals surface area contributed by atoms with Crippen LogP contribution in [-0.2, 0) is 0 Å². The second-order valence-corrected chi connectivity index (χ2v) is 7.10. The Labute approximate surface area is 119 Å². The van der Waals surface area contributed by atoms with Crippen LogP contribution in [0, 0.1) is 0 Å². The quantitative estimate of drug-likeness (QED) is 0.396. The van der Waals surface area contributed by atoms with Crippen molar-refractivity contribution in [1.29, 1.82) is 0 Å². The maximum Gasteiger partial charge on any atom is 0.125 e. The minimum Gasteiger partial charge on any atom is -0.315 e. The van der Waals surface area contributed by atoms with E-state index in [0.29, 0.717) is 0 Å². The van der Waals surface area contributed by atoms with E-state index in [9.17, 15) is 0 Å². The third-order valence-electron chi connectivity index (χ3n) is 4.26. The molecule has 0 amide bonds. The molecule has 0 aromatic carbocycles. The second-order valence-electron chi connectivity index (χ2n) is 6.02. The molecule has 0 aromatic heterocycles. The Bertz CT molecular complexity index is 174. The fourth-order valence-electron chi connectivity index (χ4n) is 3.04. The van der Waals surface area contributed by atoms with Crippen molar-refractivity contribution in [3.05, 3.63) is 0 Å². The smallest absolute Gasteiger partial charge is 0.125 e. The number of unbranched alkanes of at least 4 members (excludes halogenated alkanes) is 6. The summed E-state index contributed by atoms with van der Waals surface area (Å²) in [5.41, 5.74) is 0. The lowest BCUT2D eigenvalue weighted by Crippen LogP contribution is -2.51. The van der Waals surface area contributed by atoms with Gasteiger partial charge in [0.15, 0.2) is 0 Å². The van der Waals surface area contributed by atoms with Crippen molar-refractivity contribution in [2.24, 2.45) is 0 Å². The van der Waals surface area contributed by atoms with Crippen LogP contribution >= 0.6 is 11.8 Å². The molecule has 1 fully saturated rings. The number of hydrogen-bond acceptors (Lipinski definition) is 1. The van der Waals surface area contributed by atoms with Gasteiger partial charge >= 0.3 is 0 Å². The summed E-state index contributed by atoms with van der Waals surface area (Å²) in [6.45, 7) is 9.00. The van der Waals surface area contributed by atoms with E-state index in [0.717, 1.165) is 0 Å². The normalized spacial score (nSPS) is 19.0. The molecule has 1 aliphatic rings. The molecule has 1 saturated heterocycles. The number of quaternary nitrogens is 1. The van der Waals surface area contributed by atoms with Gasteiger partial charge in [0.1, 0.15) is 5.88 Å². The number of nitrogens with zero attached hydrogens (tertiary/aromatic N) is 1. The lowest BCUT2D eigenvalue weighted by atomic mass is 10.1. The van der Waals surface area contributed by atoms with Gasteiger partial charge in [0.2, 0.25) is 0 Å². The molecule has 18 heavy (non-hydrogen) atoms. The molecule has 0 spiro atoms. The van der Waals surface area contributed by atoms with Crippen molar-refractivity contribution in [2.75, 3.05) is 31.3 Å². The van der Waals surface area contributed by atoms with E-state index in [1.54, 1.807) is 0 Å². The van der Waals surface area contributed by atoms with Crippen LogP contribution in [-0.4, -0.2) is 35.7 Å². The summed E-state index contributed by atoms with van der Waals surface area (Å²) in [5, 5.41) is 0. The molecule has 1 nitrogen and oxygen atoms in total. The van der Waals surface area contributed by atoms with Crippen LogP contribution in [0.5, 0.6) is 0 Å². The van der Waals surface area contributed by atoms with Gasteiger partial charge in [0.05, 0.1) is 19.6 Å². The number of rotatable bonds is 10. The van der Waals surface area contributed by atoms with E-state index in [4.69, 9.17) is 0 Å². The molecule has 0 aromatic rings. The molecular formula is C16H34NS+. The largest absolute Gasteiger partial charge is 0.315 e. The Kier molecular flexibility index (Phi) is 9.22. The average Bonchev–Trinajstić information content (AvgIpc) is 2.41. The Hall–Kier alpha value is 0.310. The first-order chi connectivity index (χ1) is 8.83. The molecule has 0 saturated carbocycles. The van der Waals surface area contributed by atoms with Gasteiger partial charge in [-0.3, -0.25) is 0 Å². The molecular weight excluding hydrogens is 238 g/mol. The van der Waals surface area contributed by atoms with E-state index in [-0.39, 0.29) is 0 Å². The Morgan fingerprint density at radius 2 is 1.44 bits per heavy atom. The van der Waals surface area contributed by atoms with E-state index in [1.165, 1.54) is 93.5 Å². The monoisotopic (exact) mass is 272 g/mol. The predicted octanol–water partition coefficient (Wildman–Crippen LogP) is 5.06. The average molecular weight is 273 g/mol. The molecule has 108 valence electrons. The molecule has 1 aliphatic heterocycles. The Morgan fingerprint density at radius 3 is 1.89 bits per heavy atom. The van der Waals surface area contributed by atoms with Gasteiger partial charge < -0.3 is 4.48 Å². The highest BCUT2D eigenvalue weighted by Crippen LogP contribution is 2.25. The minimum atomic E-state index is 1.37. The fraction of sp³-hybridized carbons (Fsp3) is 1.00. The third-order valence-corrected chi connectivity index (χ3v) is 5.57. The second kappa shape index (κ2) is 10.1. The van der Waals surface area contributed by atoms with Crippen LogP contribution in [0.1, 0.15) is 71.6 Å². The lowest BCUT2D eigenvalue weighted by molar-refractivity contribution is -0.918. The molecule has 0 aliphatic carbocycles. The standard InChI is InChI=1S/C16H34NS/c1-3-5-7-9-12-17(13-10-8-6-4-2)14-11-15-18-16-17/h3-16H2,1-2H3/q+1. The summed E-state index contributed by atoms with van der Waals surface area (Å²) in [5.74, 6) is 2.81.